The lowest BCUT2D eigenvalue weighted by molar-refractivity contribution is 0.0697. The van der Waals surface area contributed by atoms with Crippen LogP contribution in [-0.2, 0) is 19.4 Å². The van der Waals surface area contributed by atoms with Gasteiger partial charge in [0.15, 0.2) is 5.82 Å². The Kier molecular flexibility index (Phi) is 6.53. The van der Waals surface area contributed by atoms with Crippen molar-refractivity contribution in [2.45, 2.75) is 52.5 Å². The van der Waals surface area contributed by atoms with Gasteiger partial charge < -0.3 is 5.11 Å². The second kappa shape index (κ2) is 9.26. The average molecular weight is 378 g/mol. The molecule has 0 aliphatic carbocycles. The van der Waals surface area contributed by atoms with Gasteiger partial charge in [0.25, 0.3) is 0 Å². The first kappa shape index (κ1) is 19.7. The molecule has 6 nitrogen and oxygen atoms in total. The molecule has 0 unspecified atom stereocenters. The van der Waals surface area contributed by atoms with Crippen LogP contribution in [0.2, 0.25) is 0 Å². The molecule has 0 aliphatic heterocycles. The molecule has 0 fully saturated rings. The fourth-order valence-electron chi connectivity index (χ4n) is 3.15. The maximum Gasteiger partial charge on any atom is 0.336 e. The molecule has 28 heavy (non-hydrogen) atoms. The van der Waals surface area contributed by atoms with E-state index >= 15 is 0 Å². The molecule has 0 saturated carbocycles. The van der Waals surface area contributed by atoms with Gasteiger partial charge in [-0.15, -0.1) is 0 Å². The molecular weight excluding hydrogens is 352 g/mol. The summed E-state index contributed by atoms with van der Waals surface area (Å²) in [5.74, 6) is 0.965. The number of aromatic carboxylic acids is 1. The minimum absolute atomic E-state index is 0.254. The predicted molar refractivity (Wildman–Crippen MR) is 108 cm³/mol. The normalized spacial score (nSPS) is 10.9. The van der Waals surface area contributed by atoms with E-state index in [2.05, 4.69) is 23.9 Å². The lowest BCUT2D eigenvalue weighted by atomic mass is 10.0. The van der Waals surface area contributed by atoms with Crippen molar-refractivity contribution in [3.05, 3.63) is 65.4 Å². The van der Waals surface area contributed by atoms with Gasteiger partial charge in [-0.25, -0.2) is 14.5 Å². The third-order valence-electron chi connectivity index (χ3n) is 4.61. The van der Waals surface area contributed by atoms with Gasteiger partial charge >= 0.3 is 5.97 Å². The number of hydrogen-bond acceptors (Lipinski definition) is 4. The second-order valence-corrected chi connectivity index (χ2v) is 6.86. The Morgan fingerprint density at radius 2 is 1.89 bits per heavy atom. The highest BCUT2D eigenvalue weighted by Crippen LogP contribution is 2.22. The molecule has 0 radical (unpaired) electrons. The Balaban J connectivity index is 1.81. The summed E-state index contributed by atoms with van der Waals surface area (Å²) in [4.78, 5) is 20.6. The first-order valence-corrected chi connectivity index (χ1v) is 9.82. The number of unbranched alkanes of at least 4 members (excludes halogenated alkanes) is 1. The lowest BCUT2D eigenvalue weighted by Crippen LogP contribution is -2.07. The molecule has 0 spiro atoms. The fourth-order valence-corrected chi connectivity index (χ4v) is 3.15. The Bertz CT molecular complexity index is 932. The molecule has 1 aromatic carbocycles. The smallest absolute Gasteiger partial charge is 0.336 e. The van der Waals surface area contributed by atoms with Crippen molar-refractivity contribution in [2.24, 2.45) is 0 Å². The van der Waals surface area contributed by atoms with Crippen molar-refractivity contribution in [1.29, 1.82) is 0 Å². The Morgan fingerprint density at radius 3 is 2.57 bits per heavy atom. The summed E-state index contributed by atoms with van der Waals surface area (Å²) in [6.45, 7) is 4.92. The van der Waals surface area contributed by atoms with Gasteiger partial charge in [0.05, 0.1) is 17.8 Å². The van der Waals surface area contributed by atoms with Crippen LogP contribution in [0.3, 0.4) is 0 Å². The van der Waals surface area contributed by atoms with Crippen LogP contribution in [0.15, 0.2) is 42.6 Å². The van der Waals surface area contributed by atoms with E-state index in [-0.39, 0.29) is 5.56 Å². The summed E-state index contributed by atoms with van der Waals surface area (Å²) in [6.07, 6.45) is 6.84. The van der Waals surface area contributed by atoms with Crippen molar-refractivity contribution in [1.82, 2.24) is 19.7 Å². The number of aryl methyl sites for hydroxylation is 2. The number of rotatable bonds is 9. The average Bonchev–Trinajstić information content (AvgIpc) is 3.08. The maximum atomic E-state index is 11.4. The van der Waals surface area contributed by atoms with E-state index in [1.807, 2.05) is 22.9 Å². The summed E-state index contributed by atoms with van der Waals surface area (Å²) < 4.78 is 1.97. The quantitative estimate of drug-likeness (QED) is 0.597. The highest BCUT2D eigenvalue weighted by molar-refractivity contribution is 5.95. The standard InChI is InChI=1S/C22H26N4O2/c1-3-5-11-20-24-21(8-4-2)26(25-20)15-16-12-13-19(23-14-16)17-9-6-7-10-18(17)22(27)28/h6-7,9-10,12-14H,3-5,8,11,15H2,1-2H3,(H,27,28). The number of aromatic nitrogens is 4. The molecule has 2 heterocycles. The largest absolute Gasteiger partial charge is 0.478 e. The molecule has 6 heteroatoms. The van der Waals surface area contributed by atoms with E-state index in [0.29, 0.717) is 17.8 Å². The number of pyridine rings is 1. The van der Waals surface area contributed by atoms with E-state index in [1.165, 1.54) is 0 Å². The number of carboxylic acids is 1. The van der Waals surface area contributed by atoms with Crippen LogP contribution >= 0.6 is 0 Å². The minimum atomic E-state index is -0.951. The predicted octanol–water partition coefficient (Wildman–Crippen LogP) is 4.38. The SMILES string of the molecule is CCCCc1nc(CCC)n(Cc2ccc(-c3ccccc3C(=O)O)nc2)n1. The number of carbonyl (C=O) groups is 1. The van der Waals surface area contributed by atoms with Crippen molar-refractivity contribution in [3.8, 4) is 11.3 Å². The van der Waals surface area contributed by atoms with Crippen LogP contribution in [-0.4, -0.2) is 30.8 Å². The van der Waals surface area contributed by atoms with Crippen LogP contribution in [0, 0.1) is 0 Å². The van der Waals surface area contributed by atoms with E-state index in [0.717, 1.165) is 49.3 Å². The minimum Gasteiger partial charge on any atom is -0.478 e. The highest BCUT2D eigenvalue weighted by Gasteiger charge is 2.13. The molecular formula is C22H26N4O2. The van der Waals surface area contributed by atoms with Crippen LogP contribution in [0.4, 0.5) is 0 Å². The zero-order valence-electron chi connectivity index (χ0n) is 16.4. The van der Waals surface area contributed by atoms with Gasteiger partial charge in [-0.2, -0.15) is 5.10 Å². The first-order chi connectivity index (χ1) is 13.6. The third-order valence-corrected chi connectivity index (χ3v) is 4.61. The Morgan fingerprint density at radius 1 is 1.07 bits per heavy atom. The van der Waals surface area contributed by atoms with E-state index in [9.17, 15) is 9.90 Å². The molecule has 0 aliphatic rings. The second-order valence-electron chi connectivity index (χ2n) is 6.86. The topological polar surface area (TPSA) is 80.9 Å². The molecule has 0 atom stereocenters. The molecule has 3 rings (SSSR count). The summed E-state index contributed by atoms with van der Waals surface area (Å²) in [6, 6.07) is 10.8. The zero-order chi connectivity index (χ0) is 19.9. The Hall–Kier alpha value is -3.02. The fraction of sp³-hybridized carbons (Fsp3) is 0.364. The number of benzene rings is 1. The van der Waals surface area contributed by atoms with Crippen LogP contribution in [0.5, 0.6) is 0 Å². The monoisotopic (exact) mass is 378 g/mol. The molecule has 0 bridgehead atoms. The summed E-state index contributed by atoms with van der Waals surface area (Å²) in [7, 11) is 0. The van der Waals surface area contributed by atoms with Crippen molar-refractivity contribution >= 4 is 5.97 Å². The summed E-state index contributed by atoms with van der Waals surface area (Å²) in [5, 5.41) is 14.1. The highest BCUT2D eigenvalue weighted by atomic mass is 16.4. The lowest BCUT2D eigenvalue weighted by Gasteiger charge is -2.08. The van der Waals surface area contributed by atoms with Crippen molar-refractivity contribution in [2.75, 3.05) is 0 Å². The zero-order valence-corrected chi connectivity index (χ0v) is 16.4. The molecule has 0 saturated heterocycles. The van der Waals surface area contributed by atoms with Gasteiger partial charge in [0.2, 0.25) is 0 Å². The Labute approximate surface area is 165 Å². The van der Waals surface area contributed by atoms with E-state index in [1.54, 1.807) is 24.4 Å². The molecule has 0 amide bonds. The van der Waals surface area contributed by atoms with Crippen molar-refractivity contribution in [3.63, 3.8) is 0 Å². The molecule has 3 aromatic rings. The molecule has 2 aromatic heterocycles. The van der Waals surface area contributed by atoms with Crippen molar-refractivity contribution < 1.29 is 9.90 Å². The van der Waals surface area contributed by atoms with Gasteiger partial charge in [-0.1, -0.05) is 44.5 Å². The third kappa shape index (κ3) is 4.63. The summed E-state index contributed by atoms with van der Waals surface area (Å²) >= 11 is 0. The maximum absolute atomic E-state index is 11.4. The molecule has 1 N–H and O–H groups in total. The summed E-state index contributed by atoms with van der Waals surface area (Å²) in [5.41, 5.74) is 2.54. The number of hydrogen-bond donors (Lipinski definition) is 1. The number of nitrogens with zero attached hydrogens (tertiary/aromatic N) is 4. The molecule has 146 valence electrons. The van der Waals surface area contributed by atoms with Gasteiger partial charge in [0.1, 0.15) is 5.82 Å². The number of carboxylic acid groups (broad SMARTS) is 1. The van der Waals surface area contributed by atoms with Crippen LogP contribution < -0.4 is 0 Å². The van der Waals surface area contributed by atoms with Gasteiger partial charge in [-0.05, 0) is 30.5 Å². The van der Waals surface area contributed by atoms with Crippen LogP contribution in [0.25, 0.3) is 11.3 Å². The van der Waals surface area contributed by atoms with E-state index < -0.39 is 5.97 Å². The van der Waals surface area contributed by atoms with Gasteiger partial charge in [0, 0.05) is 24.6 Å². The first-order valence-electron chi connectivity index (χ1n) is 9.82. The van der Waals surface area contributed by atoms with E-state index in [4.69, 9.17) is 4.98 Å². The van der Waals surface area contributed by atoms with Gasteiger partial charge in [-0.3, -0.25) is 4.98 Å². The van der Waals surface area contributed by atoms with Crippen LogP contribution in [0.1, 0.15) is 60.7 Å².